The zero-order valence-corrected chi connectivity index (χ0v) is 20.3. The number of phenolic OH excluding ortho intramolecular Hbond substituents is 1. The van der Waals surface area contributed by atoms with E-state index in [1.165, 1.54) is 25.3 Å². The van der Waals surface area contributed by atoms with Crippen LogP contribution in [0.4, 0.5) is 0 Å². The molecule has 5 nitrogen and oxygen atoms in total. The van der Waals surface area contributed by atoms with E-state index in [1.54, 1.807) is 24.3 Å². The van der Waals surface area contributed by atoms with Gasteiger partial charge < -0.3 is 14.3 Å². The van der Waals surface area contributed by atoms with Crippen LogP contribution < -0.4 is 10.4 Å². The third-order valence-corrected chi connectivity index (χ3v) is 6.78. The SMILES string of the molecule is O=c1oc2cc(O)ccc2c(Cc2ccc(OCCN3CCCCC3)cc2)c1-c1cccc(Cl)c1. The number of hydrogen-bond acceptors (Lipinski definition) is 5. The lowest BCUT2D eigenvalue weighted by molar-refractivity contribution is 0.183. The standard InChI is InChI=1S/C29H28ClNO4/c30-22-6-4-5-21(18-22)28-26(25-12-9-23(32)19-27(25)35-29(28)33)17-20-7-10-24(11-8-20)34-16-15-31-13-2-1-3-14-31/h4-12,18-19,32H,1-3,13-17H2. The molecule has 0 amide bonds. The maximum absolute atomic E-state index is 13.1. The topological polar surface area (TPSA) is 62.9 Å². The van der Waals surface area contributed by atoms with Crippen LogP contribution in [0.2, 0.25) is 5.02 Å². The average Bonchev–Trinajstić information content (AvgIpc) is 2.85. The molecule has 1 aliphatic rings. The summed E-state index contributed by atoms with van der Waals surface area (Å²) < 4.78 is 11.6. The molecule has 6 heteroatoms. The minimum Gasteiger partial charge on any atom is -0.508 e. The summed E-state index contributed by atoms with van der Waals surface area (Å²) in [6, 6.07) is 20.1. The van der Waals surface area contributed by atoms with Crippen molar-refractivity contribution >= 4 is 22.6 Å². The van der Waals surface area contributed by atoms with E-state index in [4.69, 9.17) is 20.8 Å². The summed E-state index contributed by atoms with van der Waals surface area (Å²) >= 11 is 6.22. The van der Waals surface area contributed by atoms with Crippen LogP contribution in [0.5, 0.6) is 11.5 Å². The Morgan fingerprint density at radius 3 is 2.54 bits per heavy atom. The molecule has 0 aliphatic carbocycles. The van der Waals surface area contributed by atoms with Crippen molar-refractivity contribution < 1.29 is 14.3 Å². The second kappa shape index (κ2) is 10.5. The highest BCUT2D eigenvalue weighted by molar-refractivity contribution is 6.30. The van der Waals surface area contributed by atoms with Crippen molar-refractivity contribution in [1.29, 1.82) is 0 Å². The first-order valence-corrected chi connectivity index (χ1v) is 12.4. The second-order valence-electron chi connectivity index (χ2n) is 9.01. The highest BCUT2D eigenvalue weighted by Gasteiger charge is 2.18. The van der Waals surface area contributed by atoms with Crippen LogP contribution in [0.1, 0.15) is 30.4 Å². The number of halogens is 1. The average molecular weight is 490 g/mol. The van der Waals surface area contributed by atoms with Crippen LogP contribution in [-0.2, 0) is 6.42 Å². The maximum Gasteiger partial charge on any atom is 0.344 e. The Labute approximate surface area is 209 Å². The molecule has 1 N–H and O–H groups in total. The summed E-state index contributed by atoms with van der Waals surface area (Å²) in [4.78, 5) is 15.5. The van der Waals surface area contributed by atoms with Gasteiger partial charge in [-0.2, -0.15) is 0 Å². The highest BCUT2D eigenvalue weighted by Crippen LogP contribution is 2.32. The van der Waals surface area contributed by atoms with Crippen LogP contribution in [0.3, 0.4) is 0 Å². The maximum atomic E-state index is 13.1. The summed E-state index contributed by atoms with van der Waals surface area (Å²) in [6.07, 6.45) is 4.40. The molecule has 1 aliphatic heterocycles. The van der Waals surface area contributed by atoms with Crippen molar-refractivity contribution in [1.82, 2.24) is 4.90 Å². The first-order valence-electron chi connectivity index (χ1n) is 12.1. The van der Waals surface area contributed by atoms with Crippen LogP contribution >= 0.6 is 11.6 Å². The van der Waals surface area contributed by atoms with E-state index >= 15 is 0 Å². The van der Waals surface area contributed by atoms with Gasteiger partial charge in [-0.3, -0.25) is 4.90 Å². The van der Waals surface area contributed by atoms with E-state index in [0.29, 0.717) is 34.8 Å². The summed E-state index contributed by atoms with van der Waals surface area (Å²) in [7, 11) is 0. The van der Waals surface area contributed by atoms with E-state index in [-0.39, 0.29) is 5.75 Å². The number of benzene rings is 3. The molecule has 0 atom stereocenters. The molecule has 0 unspecified atom stereocenters. The van der Waals surface area contributed by atoms with Gasteiger partial charge in [0.1, 0.15) is 23.7 Å². The van der Waals surface area contributed by atoms with Crippen molar-refractivity contribution in [2.45, 2.75) is 25.7 Å². The second-order valence-corrected chi connectivity index (χ2v) is 9.44. The fraction of sp³-hybridized carbons (Fsp3) is 0.276. The summed E-state index contributed by atoms with van der Waals surface area (Å²) in [5, 5.41) is 11.2. The lowest BCUT2D eigenvalue weighted by Gasteiger charge is -2.26. The molecule has 1 saturated heterocycles. The molecule has 4 aromatic rings. The number of rotatable bonds is 7. The molecule has 180 valence electrons. The number of hydrogen-bond donors (Lipinski definition) is 1. The molecule has 0 saturated carbocycles. The van der Waals surface area contributed by atoms with E-state index in [1.807, 2.05) is 36.4 Å². The van der Waals surface area contributed by atoms with Gasteiger partial charge in [-0.05, 0) is 85.4 Å². The molecule has 5 rings (SSSR count). The van der Waals surface area contributed by atoms with E-state index < -0.39 is 5.63 Å². The Bertz CT molecular complexity index is 1370. The predicted octanol–water partition coefficient (Wildman–Crippen LogP) is 6.27. The number of ether oxygens (including phenoxy) is 1. The van der Waals surface area contributed by atoms with Crippen molar-refractivity contribution in [3.63, 3.8) is 0 Å². The Morgan fingerprint density at radius 2 is 1.77 bits per heavy atom. The summed E-state index contributed by atoms with van der Waals surface area (Å²) in [5.41, 5.74) is 2.95. The molecular weight excluding hydrogens is 462 g/mol. The number of nitrogens with zero attached hydrogens (tertiary/aromatic N) is 1. The number of likely N-dealkylation sites (tertiary alicyclic amines) is 1. The Kier molecular flexibility index (Phi) is 7.07. The first kappa shape index (κ1) is 23.5. The number of aromatic hydroxyl groups is 1. The van der Waals surface area contributed by atoms with Gasteiger partial charge in [0.2, 0.25) is 0 Å². The van der Waals surface area contributed by atoms with Crippen molar-refractivity contribution in [2.75, 3.05) is 26.2 Å². The lowest BCUT2D eigenvalue weighted by atomic mass is 9.93. The number of piperidine rings is 1. The van der Waals surface area contributed by atoms with Crippen molar-refractivity contribution in [3.05, 3.63) is 93.3 Å². The quantitative estimate of drug-likeness (QED) is 0.310. The van der Waals surface area contributed by atoms with Crippen LogP contribution in [-0.4, -0.2) is 36.2 Å². The fourth-order valence-corrected chi connectivity index (χ4v) is 4.95. The van der Waals surface area contributed by atoms with Gasteiger partial charge in [-0.1, -0.05) is 42.3 Å². The fourth-order valence-electron chi connectivity index (χ4n) is 4.76. The van der Waals surface area contributed by atoms with Gasteiger partial charge in [-0.15, -0.1) is 0 Å². The molecule has 0 radical (unpaired) electrons. The number of phenols is 1. The van der Waals surface area contributed by atoms with Gasteiger partial charge in [0, 0.05) is 23.0 Å². The van der Waals surface area contributed by atoms with E-state index in [2.05, 4.69) is 4.90 Å². The zero-order valence-electron chi connectivity index (χ0n) is 19.5. The van der Waals surface area contributed by atoms with Gasteiger partial charge in [0.15, 0.2) is 0 Å². The predicted molar refractivity (Wildman–Crippen MR) is 140 cm³/mol. The molecule has 2 heterocycles. The van der Waals surface area contributed by atoms with Gasteiger partial charge in [0.25, 0.3) is 0 Å². The normalized spacial score (nSPS) is 14.3. The Balaban J connectivity index is 1.41. The molecule has 0 bridgehead atoms. The minimum atomic E-state index is -0.460. The van der Waals surface area contributed by atoms with Crippen LogP contribution in [0.15, 0.2) is 75.9 Å². The summed E-state index contributed by atoms with van der Waals surface area (Å²) in [6.45, 7) is 3.94. The molecule has 0 spiro atoms. The van der Waals surface area contributed by atoms with Gasteiger partial charge in [0.05, 0.1) is 5.56 Å². The van der Waals surface area contributed by atoms with Crippen LogP contribution in [0, 0.1) is 0 Å². The molecule has 35 heavy (non-hydrogen) atoms. The Morgan fingerprint density at radius 1 is 0.971 bits per heavy atom. The molecule has 1 fully saturated rings. The van der Waals surface area contributed by atoms with Crippen molar-refractivity contribution in [2.24, 2.45) is 0 Å². The highest BCUT2D eigenvalue weighted by atomic mass is 35.5. The number of fused-ring (bicyclic) bond motifs is 1. The van der Waals surface area contributed by atoms with E-state index in [0.717, 1.165) is 41.9 Å². The third-order valence-electron chi connectivity index (χ3n) is 6.54. The zero-order chi connectivity index (χ0) is 24.2. The van der Waals surface area contributed by atoms with Gasteiger partial charge in [-0.25, -0.2) is 4.79 Å². The van der Waals surface area contributed by atoms with Gasteiger partial charge >= 0.3 is 5.63 Å². The molecule has 1 aromatic heterocycles. The van der Waals surface area contributed by atoms with Crippen LogP contribution in [0.25, 0.3) is 22.1 Å². The summed E-state index contributed by atoms with van der Waals surface area (Å²) in [5.74, 6) is 0.886. The third kappa shape index (κ3) is 5.53. The monoisotopic (exact) mass is 489 g/mol. The van der Waals surface area contributed by atoms with E-state index in [9.17, 15) is 9.90 Å². The molecule has 3 aromatic carbocycles. The largest absolute Gasteiger partial charge is 0.508 e. The smallest absolute Gasteiger partial charge is 0.344 e. The minimum absolute atomic E-state index is 0.0492. The Hall–Kier alpha value is -3.28. The first-order chi connectivity index (χ1) is 17.1. The van der Waals surface area contributed by atoms with Crippen molar-refractivity contribution in [3.8, 4) is 22.6 Å². The molecular formula is C29H28ClNO4. The lowest BCUT2D eigenvalue weighted by Crippen LogP contribution is -2.33.